The summed E-state index contributed by atoms with van der Waals surface area (Å²) in [7, 11) is 0. The molecule has 0 fully saturated rings. The van der Waals surface area contributed by atoms with Gasteiger partial charge in [-0.1, -0.05) is 60.7 Å². The maximum atomic E-state index is 13.7. The van der Waals surface area contributed by atoms with Gasteiger partial charge in [0, 0.05) is 34.6 Å². The normalized spacial score (nSPS) is 13.4. The number of hydrogen-bond acceptors (Lipinski definition) is 8. The fourth-order valence-electron chi connectivity index (χ4n) is 4.92. The highest BCUT2D eigenvalue weighted by Crippen LogP contribution is 2.38. The van der Waals surface area contributed by atoms with Gasteiger partial charge >= 0.3 is 5.97 Å². The van der Waals surface area contributed by atoms with Gasteiger partial charge in [-0.25, -0.2) is 9.23 Å². The van der Waals surface area contributed by atoms with Crippen molar-refractivity contribution in [1.82, 2.24) is 9.96 Å². The predicted molar refractivity (Wildman–Crippen MR) is 154 cm³/mol. The van der Waals surface area contributed by atoms with E-state index in [2.05, 4.69) is 23.3 Å². The molecule has 1 aromatic heterocycles. The topological polar surface area (TPSA) is 125 Å². The van der Waals surface area contributed by atoms with Gasteiger partial charge in [0.1, 0.15) is 12.4 Å². The number of hydrogen-bond donors (Lipinski definition) is 4. The van der Waals surface area contributed by atoms with E-state index < -0.39 is 18.2 Å². The molecule has 0 saturated carbocycles. The monoisotopic (exact) mass is 578 g/mol. The van der Waals surface area contributed by atoms with Crippen molar-refractivity contribution in [1.29, 1.82) is 0 Å². The molecule has 4 aromatic rings. The van der Waals surface area contributed by atoms with E-state index in [1.54, 1.807) is 48.6 Å². The van der Waals surface area contributed by atoms with Crippen LogP contribution < -0.4 is 0 Å². The first-order valence-electron chi connectivity index (χ1n) is 13.6. The van der Waals surface area contributed by atoms with Gasteiger partial charge in [-0.2, -0.15) is 0 Å². The van der Waals surface area contributed by atoms with E-state index in [1.807, 2.05) is 24.3 Å². The summed E-state index contributed by atoms with van der Waals surface area (Å²) in [6, 6.07) is 21.1. The van der Waals surface area contributed by atoms with Crippen molar-refractivity contribution in [2.75, 3.05) is 0 Å². The maximum Gasteiger partial charge on any atom is 0.308 e. The Bertz CT molecular complexity index is 1520. The lowest BCUT2D eigenvalue weighted by Gasteiger charge is -2.15. The summed E-state index contributed by atoms with van der Waals surface area (Å²) >= 11 is 0. The van der Waals surface area contributed by atoms with Crippen LogP contribution in [0.3, 0.4) is 0 Å². The van der Waals surface area contributed by atoms with E-state index in [-0.39, 0.29) is 43.3 Å². The molecule has 0 unspecified atom stereocenters. The molecular weight excluding hydrogens is 543 g/mol. The summed E-state index contributed by atoms with van der Waals surface area (Å²) in [4.78, 5) is 16.9. The number of fused-ring (bicyclic) bond motifs is 1. The van der Waals surface area contributed by atoms with Gasteiger partial charge in [0.2, 0.25) is 0 Å². The molecule has 4 N–H and O–H groups in total. The Labute approximate surface area is 243 Å². The second kappa shape index (κ2) is 14.3. The van der Waals surface area contributed by atoms with Gasteiger partial charge in [-0.05, 0) is 54.8 Å². The van der Waals surface area contributed by atoms with Crippen molar-refractivity contribution < 1.29 is 39.4 Å². The van der Waals surface area contributed by atoms with E-state index in [4.69, 9.17) is 15.2 Å². The van der Waals surface area contributed by atoms with Crippen LogP contribution in [0.15, 0.2) is 78.9 Å². The standard InChI is InChI=1S/C32H35FN2O7/c1-21(2)34-29-9-4-3-8-28(29)32(24-10-12-25(33)13-11-24)30(34)15-14-26(36)17-27(37)18-31(38)41-19-22-6-5-7-23(16-22)20-42-35(39)40/h3-16,21,26-27,36-37,39-40H,17-20H2,1-2H3/b15-14+/t26-,27-/m1/s1. The molecule has 0 bridgehead atoms. The lowest BCUT2D eigenvalue weighted by atomic mass is 10.0. The fraction of sp³-hybridized carbons (Fsp3) is 0.281. The number of carbonyl (C=O) groups is 1. The molecule has 0 saturated heterocycles. The van der Waals surface area contributed by atoms with Crippen molar-refractivity contribution in [3.63, 3.8) is 0 Å². The van der Waals surface area contributed by atoms with Crippen LogP contribution in [-0.2, 0) is 27.6 Å². The number of ether oxygens (including phenoxy) is 1. The number of benzene rings is 3. The minimum atomic E-state index is -1.13. The Hall–Kier alpha value is -3.90. The van der Waals surface area contributed by atoms with Crippen LogP contribution in [0.25, 0.3) is 28.1 Å². The smallest absolute Gasteiger partial charge is 0.308 e. The van der Waals surface area contributed by atoms with Crippen molar-refractivity contribution in [3.8, 4) is 11.1 Å². The van der Waals surface area contributed by atoms with E-state index in [0.717, 1.165) is 27.7 Å². The molecule has 2 atom stereocenters. The summed E-state index contributed by atoms with van der Waals surface area (Å²) in [6.07, 6.45) is 0.835. The first-order valence-corrected chi connectivity index (χ1v) is 13.6. The molecule has 42 heavy (non-hydrogen) atoms. The number of para-hydroxylation sites is 1. The second-order valence-electron chi connectivity index (χ2n) is 10.3. The lowest BCUT2D eigenvalue weighted by Crippen LogP contribution is -2.20. The summed E-state index contributed by atoms with van der Waals surface area (Å²) in [5.41, 5.74) is 4.88. The first-order chi connectivity index (χ1) is 20.1. The van der Waals surface area contributed by atoms with Gasteiger partial charge in [0.15, 0.2) is 0 Å². The van der Waals surface area contributed by atoms with Crippen LogP contribution in [0.5, 0.6) is 0 Å². The SMILES string of the molecule is CC(C)n1c(/C=C/[C@@H](O)C[C@@H](O)CC(=O)OCc2cccc(CON(O)O)c2)c(-c2ccc(F)cc2)c2ccccc21. The number of nitrogens with zero attached hydrogens (tertiary/aromatic N) is 2. The van der Waals surface area contributed by atoms with Crippen molar-refractivity contribution in [3.05, 3.63) is 102 Å². The molecule has 0 aliphatic heterocycles. The highest BCUT2D eigenvalue weighted by Gasteiger charge is 2.20. The molecule has 0 amide bonds. The van der Waals surface area contributed by atoms with E-state index in [9.17, 15) is 19.4 Å². The maximum absolute atomic E-state index is 13.7. The number of aliphatic hydroxyl groups is 2. The van der Waals surface area contributed by atoms with Gasteiger partial charge in [-0.15, -0.1) is 0 Å². The quantitative estimate of drug-likeness (QED) is 0.116. The summed E-state index contributed by atoms with van der Waals surface area (Å²) in [6.45, 7) is 3.98. The minimum absolute atomic E-state index is 0.0459. The Kier molecular flexibility index (Phi) is 10.6. The average Bonchev–Trinajstić information content (AvgIpc) is 3.29. The van der Waals surface area contributed by atoms with Crippen LogP contribution in [0.4, 0.5) is 4.39 Å². The van der Waals surface area contributed by atoms with Crippen molar-refractivity contribution >= 4 is 22.9 Å². The van der Waals surface area contributed by atoms with Crippen LogP contribution in [0, 0.1) is 5.82 Å². The third-order valence-corrected chi connectivity index (χ3v) is 6.73. The first kappa shape index (κ1) is 31.0. The van der Waals surface area contributed by atoms with E-state index in [0.29, 0.717) is 11.1 Å². The largest absolute Gasteiger partial charge is 0.461 e. The van der Waals surface area contributed by atoms with Gasteiger partial charge < -0.3 is 19.5 Å². The molecule has 4 rings (SSSR count). The zero-order valence-electron chi connectivity index (χ0n) is 23.4. The van der Waals surface area contributed by atoms with Crippen LogP contribution in [0.1, 0.15) is 49.6 Å². The molecule has 10 heteroatoms. The minimum Gasteiger partial charge on any atom is -0.461 e. The van der Waals surface area contributed by atoms with Crippen LogP contribution in [0.2, 0.25) is 0 Å². The van der Waals surface area contributed by atoms with Crippen molar-refractivity contribution in [2.45, 2.75) is 58.2 Å². The molecule has 1 heterocycles. The molecule has 3 aromatic carbocycles. The zero-order valence-corrected chi connectivity index (χ0v) is 23.4. The molecule has 0 aliphatic rings. The Morgan fingerprint density at radius 2 is 1.67 bits per heavy atom. The average molecular weight is 579 g/mol. The van der Waals surface area contributed by atoms with E-state index >= 15 is 0 Å². The third kappa shape index (κ3) is 8.10. The third-order valence-electron chi connectivity index (χ3n) is 6.73. The molecule has 222 valence electrons. The molecule has 0 spiro atoms. The Balaban J connectivity index is 1.41. The van der Waals surface area contributed by atoms with E-state index in [1.165, 1.54) is 12.1 Å². The van der Waals surface area contributed by atoms with Crippen LogP contribution in [-0.4, -0.2) is 48.8 Å². The summed E-state index contributed by atoms with van der Waals surface area (Å²) in [5, 5.41) is 39.1. The van der Waals surface area contributed by atoms with Gasteiger partial charge in [0.05, 0.1) is 30.6 Å². The Morgan fingerprint density at radius 3 is 2.36 bits per heavy atom. The number of aliphatic hydroxyl groups excluding tert-OH is 2. The van der Waals surface area contributed by atoms with Crippen molar-refractivity contribution in [2.24, 2.45) is 0 Å². The number of halogens is 1. The Morgan fingerprint density at radius 1 is 0.976 bits per heavy atom. The molecule has 0 radical (unpaired) electrons. The summed E-state index contributed by atoms with van der Waals surface area (Å²) in [5.74, 6) is -0.956. The summed E-state index contributed by atoms with van der Waals surface area (Å²) < 4.78 is 21.1. The second-order valence-corrected chi connectivity index (χ2v) is 10.3. The zero-order chi connectivity index (χ0) is 30.2. The number of carbonyl (C=O) groups excluding carboxylic acids is 1. The highest BCUT2D eigenvalue weighted by atomic mass is 19.1. The predicted octanol–water partition coefficient (Wildman–Crippen LogP) is 5.80. The fourth-order valence-corrected chi connectivity index (χ4v) is 4.92. The highest BCUT2D eigenvalue weighted by molar-refractivity contribution is 6.01. The number of rotatable bonds is 13. The van der Waals surface area contributed by atoms with Crippen LogP contribution >= 0.6 is 0 Å². The van der Waals surface area contributed by atoms with Gasteiger partial charge in [-0.3, -0.25) is 15.2 Å². The van der Waals surface area contributed by atoms with Gasteiger partial charge in [0.25, 0.3) is 0 Å². The number of aromatic nitrogens is 1. The molecule has 0 aliphatic carbocycles. The number of esters is 1. The molecule has 9 nitrogen and oxygen atoms in total. The lowest BCUT2D eigenvalue weighted by molar-refractivity contribution is -0.497. The molecular formula is C32H35FN2O7.